The maximum Gasteiger partial charge on any atom is 0.409 e. The van der Waals surface area contributed by atoms with Crippen LogP contribution in [0.1, 0.15) is 18.9 Å². The Balaban J connectivity index is 1.59. The predicted molar refractivity (Wildman–Crippen MR) is 89.6 cm³/mol. The molecule has 2 heterocycles. The SMILES string of the molecule is CCOC(=O)N1CCCN(C(=O)Cc2ccc3nc[nH]c3c2)CC1. The molecule has 0 spiro atoms. The van der Waals surface area contributed by atoms with Crippen LogP contribution in [0.3, 0.4) is 0 Å². The van der Waals surface area contributed by atoms with Gasteiger partial charge in [-0.25, -0.2) is 9.78 Å². The minimum Gasteiger partial charge on any atom is -0.450 e. The highest BCUT2D eigenvalue weighted by atomic mass is 16.6. The van der Waals surface area contributed by atoms with Gasteiger partial charge in [-0.15, -0.1) is 0 Å². The number of hydrogen-bond donors (Lipinski definition) is 1. The molecule has 1 aromatic carbocycles. The first-order valence-corrected chi connectivity index (χ1v) is 8.29. The van der Waals surface area contributed by atoms with E-state index in [2.05, 4.69) is 9.97 Å². The Morgan fingerprint density at radius 3 is 2.83 bits per heavy atom. The molecule has 0 radical (unpaired) electrons. The zero-order valence-corrected chi connectivity index (χ0v) is 13.8. The number of benzene rings is 1. The van der Waals surface area contributed by atoms with Gasteiger partial charge in [-0.05, 0) is 31.0 Å². The summed E-state index contributed by atoms with van der Waals surface area (Å²) >= 11 is 0. The van der Waals surface area contributed by atoms with Crippen LogP contribution in [0.4, 0.5) is 4.79 Å². The van der Waals surface area contributed by atoms with Gasteiger partial charge in [-0.1, -0.05) is 6.07 Å². The van der Waals surface area contributed by atoms with Crippen LogP contribution in [0.25, 0.3) is 11.0 Å². The summed E-state index contributed by atoms with van der Waals surface area (Å²) in [5, 5.41) is 0. The van der Waals surface area contributed by atoms with Crippen molar-refractivity contribution in [1.29, 1.82) is 0 Å². The van der Waals surface area contributed by atoms with Crippen LogP contribution in [0.5, 0.6) is 0 Å². The van der Waals surface area contributed by atoms with Crippen molar-refractivity contribution in [2.75, 3.05) is 32.8 Å². The van der Waals surface area contributed by atoms with Gasteiger partial charge in [0.15, 0.2) is 0 Å². The number of carbonyl (C=O) groups excluding carboxylic acids is 2. The average Bonchev–Trinajstić information content (AvgIpc) is 2.89. The standard InChI is InChI=1S/C17H22N4O3/c1-2-24-17(23)21-7-3-6-20(8-9-21)16(22)11-13-4-5-14-15(10-13)19-12-18-14/h4-5,10,12H,2-3,6-9,11H2,1H3,(H,18,19). The van der Waals surface area contributed by atoms with Gasteiger partial charge < -0.3 is 19.5 Å². The first kappa shape index (κ1) is 16.3. The van der Waals surface area contributed by atoms with Crippen molar-refractivity contribution in [2.24, 2.45) is 0 Å². The summed E-state index contributed by atoms with van der Waals surface area (Å²) in [5.41, 5.74) is 2.79. The van der Waals surface area contributed by atoms with Crippen molar-refractivity contribution >= 4 is 23.0 Å². The Kier molecular flexibility index (Phi) is 4.98. The molecule has 2 aromatic rings. The number of rotatable bonds is 3. The number of carbonyl (C=O) groups is 2. The van der Waals surface area contributed by atoms with E-state index in [1.165, 1.54) is 0 Å². The third-order valence-electron chi connectivity index (χ3n) is 4.21. The van der Waals surface area contributed by atoms with Gasteiger partial charge in [0.2, 0.25) is 5.91 Å². The molecule has 7 nitrogen and oxygen atoms in total. The molecule has 0 bridgehead atoms. The lowest BCUT2D eigenvalue weighted by Gasteiger charge is -2.21. The van der Waals surface area contributed by atoms with E-state index in [4.69, 9.17) is 4.74 Å². The fourth-order valence-corrected chi connectivity index (χ4v) is 2.94. The van der Waals surface area contributed by atoms with Gasteiger partial charge in [0, 0.05) is 26.2 Å². The third kappa shape index (κ3) is 3.67. The number of amides is 2. The number of H-pyrrole nitrogens is 1. The zero-order valence-electron chi connectivity index (χ0n) is 13.8. The monoisotopic (exact) mass is 330 g/mol. The van der Waals surface area contributed by atoms with Gasteiger partial charge >= 0.3 is 6.09 Å². The molecule has 7 heteroatoms. The van der Waals surface area contributed by atoms with Crippen molar-refractivity contribution in [3.05, 3.63) is 30.1 Å². The number of aromatic nitrogens is 2. The molecule has 0 saturated carbocycles. The Bertz CT molecular complexity index is 727. The van der Waals surface area contributed by atoms with Crippen LogP contribution < -0.4 is 0 Å². The lowest BCUT2D eigenvalue weighted by molar-refractivity contribution is -0.130. The van der Waals surface area contributed by atoms with E-state index >= 15 is 0 Å². The van der Waals surface area contributed by atoms with Gasteiger partial charge in [0.25, 0.3) is 0 Å². The quantitative estimate of drug-likeness (QED) is 0.931. The maximum atomic E-state index is 12.6. The second kappa shape index (κ2) is 7.33. The number of fused-ring (bicyclic) bond motifs is 1. The molecule has 1 aliphatic heterocycles. The summed E-state index contributed by atoms with van der Waals surface area (Å²) in [6.45, 7) is 4.52. The van der Waals surface area contributed by atoms with Crippen molar-refractivity contribution in [3.8, 4) is 0 Å². The lowest BCUT2D eigenvalue weighted by atomic mass is 10.1. The summed E-state index contributed by atoms with van der Waals surface area (Å²) in [7, 11) is 0. The van der Waals surface area contributed by atoms with Gasteiger partial charge in [-0.2, -0.15) is 0 Å². The fraction of sp³-hybridized carbons (Fsp3) is 0.471. The van der Waals surface area contributed by atoms with Crippen molar-refractivity contribution < 1.29 is 14.3 Å². The number of nitrogens with one attached hydrogen (secondary N) is 1. The summed E-state index contributed by atoms with van der Waals surface area (Å²) in [6, 6.07) is 5.81. The normalized spacial score (nSPS) is 15.4. The number of aromatic amines is 1. The molecule has 1 saturated heterocycles. The second-order valence-electron chi connectivity index (χ2n) is 5.85. The molecule has 2 amide bonds. The van der Waals surface area contributed by atoms with Crippen LogP contribution >= 0.6 is 0 Å². The molecule has 1 aromatic heterocycles. The fourth-order valence-electron chi connectivity index (χ4n) is 2.94. The predicted octanol–water partition coefficient (Wildman–Crippen LogP) is 1.80. The van der Waals surface area contributed by atoms with Gasteiger partial charge in [0.1, 0.15) is 0 Å². The molecule has 24 heavy (non-hydrogen) atoms. The maximum absolute atomic E-state index is 12.6. The Labute approximate surface area is 140 Å². The second-order valence-corrected chi connectivity index (χ2v) is 5.85. The largest absolute Gasteiger partial charge is 0.450 e. The minimum absolute atomic E-state index is 0.0829. The van der Waals surface area contributed by atoms with Gasteiger partial charge in [-0.3, -0.25) is 4.79 Å². The van der Waals surface area contributed by atoms with E-state index in [1.54, 1.807) is 18.2 Å². The first-order chi connectivity index (χ1) is 11.7. The summed E-state index contributed by atoms with van der Waals surface area (Å²) < 4.78 is 5.04. The highest BCUT2D eigenvalue weighted by Gasteiger charge is 2.22. The Morgan fingerprint density at radius 1 is 1.21 bits per heavy atom. The molecule has 1 aliphatic rings. The zero-order chi connectivity index (χ0) is 16.9. The topological polar surface area (TPSA) is 78.5 Å². The molecule has 1 fully saturated rings. The Hall–Kier alpha value is -2.57. The summed E-state index contributed by atoms with van der Waals surface area (Å²) in [6.07, 6.45) is 2.48. The third-order valence-corrected chi connectivity index (χ3v) is 4.21. The van der Waals surface area contributed by atoms with Gasteiger partial charge in [0.05, 0.1) is 30.4 Å². The van der Waals surface area contributed by atoms with Crippen molar-refractivity contribution in [1.82, 2.24) is 19.8 Å². The number of ether oxygens (including phenoxy) is 1. The molecule has 3 rings (SSSR count). The molecule has 0 aliphatic carbocycles. The van der Waals surface area contributed by atoms with E-state index in [1.807, 2.05) is 23.1 Å². The number of hydrogen-bond acceptors (Lipinski definition) is 4. The lowest BCUT2D eigenvalue weighted by Crippen LogP contribution is -2.38. The molecule has 1 N–H and O–H groups in total. The van der Waals surface area contributed by atoms with E-state index in [0.717, 1.165) is 23.0 Å². The molecule has 128 valence electrons. The molecule has 0 unspecified atom stereocenters. The van der Waals surface area contributed by atoms with E-state index in [-0.39, 0.29) is 12.0 Å². The van der Waals surface area contributed by atoms with Crippen molar-refractivity contribution in [3.63, 3.8) is 0 Å². The summed E-state index contributed by atoms with van der Waals surface area (Å²) in [5.74, 6) is 0.0829. The first-order valence-electron chi connectivity index (χ1n) is 8.29. The van der Waals surface area contributed by atoms with Crippen LogP contribution in [-0.4, -0.2) is 64.6 Å². The van der Waals surface area contributed by atoms with E-state index in [9.17, 15) is 9.59 Å². The van der Waals surface area contributed by atoms with Crippen LogP contribution in [0.2, 0.25) is 0 Å². The van der Waals surface area contributed by atoms with Crippen LogP contribution in [0, 0.1) is 0 Å². The average molecular weight is 330 g/mol. The molecular formula is C17H22N4O3. The van der Waals surface area contributed by atoms with Crippen molar-refractivity contribution in [2.45, 2.75) is 19.8 Å². The van der Waals surface area contributed by atoms with E-state index < -0.39 is 0 Å². The molecule has 0 atom stereocenters. The van der Waals surface area contributed by atoms with Crippen LogP contribution in [0.15, 0.2) is 24.5 Å². The Morgan fingerprint density at radius 2 is 2.00 bits per heavy atom. The molecular weight excluding hydrogens is 308 g/mol. The minimum atomic E-state index is -0.295. The number of imidazole rings is 1. The van der Waals surface area contributed by atoms with E-state index in [0.29, 0.717) is 39.2 Å². The van der Waals surface area contributed by atoms with Crippen LogP contribution in [-0.2, 0) is 16.0 Å². The highest BCUT2D eigenvalue weighted by Crippen LogP contribution is 2.14. The number of nitrogens with zero attached hydrogens (tertiary/aromatic N) is 3. The smallest absolute Gasteiger partial charge is 0.409 e. The highest BCUT2D eigenvalue weighted by molar-refractivity contribution is 5.81. The summed E-state index contributed by atoms with van der Waals surface area (Å²) in [4.78, 5) is 35.1.